The molecule has 0 aliphatic heterocycles. The summed E-state index contributed by atoms with van der Waals surface area (Å²) in [5.41, 5.74) is 1.92. The Morgan fingerprint density at radius 2 is 2.00 bits per heavy atom. The quantitative estimate of drug-likeness (QED) is 0.737. The molecule has 0 saturated heterocycles. The van der Waals surface area contributed by atoms with E-state index < -0.39 is 0 Å². The van der Waals surface area contributed by atoms with Gasteiger partial charge in [0.05, 0.1) is 5.69 Å². The normalized spacial score (nSPS) is 11.1. The van der Waals surface area contributed by atoms with E-state index in [1.807, 2.05) is 30.3 Å². The van der Waals surface area contributed by atoms with Crippen LogP contribution in [0.5, 0.6) is 0 Å². The molecule has 0 fully saturated rings. The number of fused-ring (bicyclic) bond motifs is 1. The Hall–Kier alpha value is -1.98. The van der Waals surface area contributed by atoms with E-state index in [2.05, 4.69) is 15.1 Å². The second kappa shape index (κ2) is 4.95. The molecule has 6 heteroatoms. The lowest BCUT2D eigenvalue weighted by atomic mass is 10.1. The van der Waals surface area contributed by atoms with Crippen molar-refractivity contribution < 1.29 is 4.74 Å². The van der Waals surface area contributed by atoms with Gasteiger partial charge in [0.25, 0.3) is 5.78 Å². The highest BCUT2D eigenvalue weighted by Gasteiger charge is 2.09. The lowest BCUT2D eigenvalue weighted by Crippen LogP contribution is -1.96. The monoisotopic (exact) mass is 274 g/mol. The smallest absolute Gasteiger partial charge is 0.253 e. The van der Waals surface area contributed by atoms with Crippen molar-refractivity contribution in [2.75, 3.05) is 7.11 Å². The Balaban J connectivity index is 2.15. The van der Waals surface area contributed by atoms with Crippen molar-refractivity contribution >= 4 is 17.4 Å². The molecule has 5 nitrogen and oxygen atoms in total. The Kier molecular flexibility index (Phi) is 3.15. The summed E-state index contributed by atoms with van der Waals surface area (Å²) in [7, 11) is 1.61. The standard InChI is InChI=1S/C13H11ClN4O/c1-19-8-12-16-13-15-7-6-11(18(13)17-12)9-2-4-10(14)5-3-9/h2-7H,8H2,1H3. The van der Waals surface area contributed by atoms with Crippen molar-refractivity contribution in [2.45, 2.75) is 6.61 Å². The molecule has 0 aliphatic carbocycles. The predicted octanol–water partition coefficient (Wildman–Crippen LogP) is 2.59. The Morgan fingerprint density at radius 3 is 2.74 bits per heavy atom. The zero-order valence-electron chi connectivity index (χ0n) is 10.2. The van der Waals surface area contributed by atoms with Gasteiger partial charge in [-0.1, -0.05) is 23.7 Å². The maximum atomic E-state index is 5.90. The van der Waals surface area contributed by atoms with E-state index in [0.29, 0.717) is 23.2 Å². The molecule has 1 aromatic carbocycles. The fraction of sp³-hybridized carbons (Fsp3) is 0.154. The molecule has 0 saturated carbocycles. The fourth-order valence-electron chi connectivity index (χ4n) is 1.87. The van der Waals surface area contributed by atoms with Gasteiger partial charge in [0.2, 0.25) is 0 Å². The Labute approximate surface area is 114 Å². The molecule has 0 aliphatic rings. The number of hydrogen-bond donors (Lipinski definition) is 0. The molecule has 0 spiro atoms. The van der Waals surface area contributed by atoms with Crippen LogP contribution in [-0.4, -0.2) is 26.7 Å². The van der Waals surface area contributed by atoms with Crippen LogP contribution < -0.4 is 0 Å². The molecule has 3 rings (SSSR count). The molecule has 0 unspecified atom stereocenters. The Bertz CT molecular complexity index is 708. The first-order chi connectivity index (χ1) is 9.28. The van der Waals surface area contributed by atoms with Crippen molar-refractivity contribution in [1.29, 1.82) is 0 Å². The van der Waals surface area contributed by atoms with E-state index in [1.165, 1.54) is 0 Å². The van der Waals surface area contributed by atoms with Crippen molar-refractivity contribution in [1.82, 2.24) is 19.6 Å². The zero-order valence-corrected chi connectivity index (χ0v) is 11.0. The van der Waals surface area contributed by atoms with Gasteiger partial charge in [0.15, 0.2) is 5.82 Å². The molecular weight excluding hydrogens is 264 g/mol. The number of methoxy groups -OCH3 is 1. The van der Waals surface area contributed by atoms with Gasteiger partial charge in [-0.05, 0) is 18.2 Å². The summed E-state index contributed by atoms with van der Waals surface area (Å²) in [6.07, 6.45) is 1.71. The van der Waals surface area contributed by atoms with Crippen LogP contribution in [-0.2, 0) is 11.3 Å². The molecule has 0 radical (unpaired) electrons. The van der Waals surface area contributed by atoms with Crippen molar-refractivity contribution in [3.63, 3.8) is 0 Å². The van der Waals surface area contributed by atoms with Gasteiger partial charge in [-0.25, -0.2) is 4.98 Å². The lowest BCUT2D eigenvalue weighted by Gasteiger charge is -2.03. The predicted molar refractivity (Wildman–Crippen MR) is 71.9 cm³/mol. The van der Waals surface area contributed by atoms with Crippen molar-refractivity contribution in [3.8, 4) is 11.3 Å². The van der Waals surface area contributed by atoms with Crippen molar-refractivity contribution in [3.05, 3.63) is 47.4 Å². The summed E-state index contributed by atoms with van der Waals surface area (Å²) in [6.45, 7) is 0.365. The van der Waals surface area contributed by atoms with Crippen LogP contribution in [0.15, 0.2) is 36.5 Å². The summed E-state index contributed by atoms with van der Waals surface area (Å²) in [4.78, 5) is 8.49. The van der Waals surface area contributed by atoms with Crippen LogP contribution in [0, 0.1) is 0 Å². The molecule has 0 atom stereocenters. The van der Waals surface area contributed by atoms with Crippen LogP contribution in [0.2, 0.25) is 5.02 Å². The maximum Gasteiger partial charge on any atom is 0.253 e. The number of benzene rings is 1. The highest BCUT2D eigenvalue weighted by atomic mass is 35.5. The topological polar surface area (TPSA) is 52.3 Å². The largest absolute Gasteiger partial charge is 0.377 e. The highest BCUT2D eigenvalue weighted by Crippen LogP contribution is 2.21. The molecule has 0 N–H and O–H groups in total. The molecule has 19 heavy (non-hydrogen) atoms. The van der Waals surface area contributed by atoms with Crippen LogP contribution in [0.3, 0.4) is 0 Å². The van der Waals surface area contributed by atoms with E-state index in [0.717, 1.165) is 11.3 Å². The summed E-state index contributed by atoms with van der Waals surface area (Å²) < 4.78 is 6.74. The second-order valence-electron chi connectivity index (χ2n) is 4.01. The number of hydrogen-bond acceptors (Lipinski definition) is 4. The number of rotatable bonds is 3. The molecule has 3 aromatic rings. The average molecular weight is 275 g/mol. The molecule has 0 amide bonds. The van der Waals surface area contributed by atoms with E-state index in [4.69, 9.17) is 16.3 Å². The third-order valence-electron chi connectivity index (χ3n) is 2.70. The van der Waals surface area contributed by atoms with Gasteiger partial charge in [-0.2, -0.15) is 9.50 Å². The molecular formula is C13H11ClN4O. The minimum absolute atomic E-state index is 0.365. The summed E-state index contributed by atoms with van der Waals surface area (Å²) in [6, 6.07) is 9.46. The van der Waals surface area contributed by atoms with Gasteiger partial charge >= 0.3 is 0 Å². The van der Waals surface area contributed by atoms with E-state index in [-0.39, 0.29) is 0 Å². The minimum Gasteiger partial charge on any atom is -0.377 e. The summed E-state index contributed by atoms with van der Waals surface area (Å²) in [5.74, 6) is 1.16. The second-order valence-corrected chi connectivity index (χ2v) is 4.45. The number of aromatic nitrogens is 4. The number of ether oxygens (including phenoxy) is 1. The van der Waals surface area contributed by atoms with Crippen LogP contribution in [0.1, 0.15) is 5.82 Å². The molecule has 2 aromatic heterocycles. The maximum absolute atomic E-state index is 5.90. The van der Waals surface area contributed by atoms with Crippen LogP contribution in [0.4, 0.5) is 0 Å². The van der Waals surface area contributed by atoms with Crippen molar-refractivity contribution in [2.24, 2.45) is 0 Å². The Morgan fingerprint density at radius 1 is 1.21 bits per heavy atom. The SMILES string of the molecule is COCc1nc2nccc(-c3ccc(Cl)cc3)n2n1. The van der Waals surface area contributed by atoms with E-state index in [1.54, 1.807) is 17.8 Å². The summed E-state index contributed by atoms with van der Waals surface area (Å²) >= 11 is 5.90. The molecule has 96 valence electrons. The van der Waals surface area contributed by atoms with E-state index in [9.17, 15) is 0 Å². The first kappa shape index (κ1) is 12.1. The van der Waals surface area contributed by atoms with Crippen LogP contribution >= 0.6 is 11.6 Å². The fourth-order valence-corrected chi connectivity index (χ4v) is 1.99. The van der Waals surface area contributed by atoms with E-state index >= 15 is 0 Å². The van der Waals surface area contributed by atoms with Gasteiger partial charge in [0, 0.05) is 23.9 Å². The number of nitrogens with zero attached hydrogens (tertiary/aromatic N) is 4. The highest BCUT2D eigenvalue weighted by molar-refractivity contribution is 6.30. The average Bonchev–Trinajstić information content (AvgIpc) is 2.82. The first-order valence-corrected chi connectivity index (χ1v) is 6.11. The lowest BCUT2D eigenvalue weighted by molar-refractivity contribution is 0.178. The molecule has 2 heterocycles. The third kappa shape index (κ3) is 2.30. The van der Waals surface area contributed by atoms with Gasteiger partial charge in [-0.15, -0.1) is 5.10 Å². The first-order valence-electron chi connectivity index (χ1n) is 5.73. The zero-order chi connectivity index (χ0) is 13.2. The number of halogens is 1. The minimum atomic E-state index is 0.365. The molecule has 0 bridgehead atoms. The van der Waals surface area contributed by atoms with Gasteiger partial charge in [0.1, 0.15) is 6.61 Å². The summed E-state index contributed by atoms with van der Waals surface area (Å²) in [5, 5.41) is 5.09. The van der Waals surface area contributed by atoms with Gasteiger partial charge < -0.3 is 4.74 Å². The van der Waals surface area contributed by atoms with Crippen LogP contribution in [0.25, 0.3) is 17.0 Å². The third-order valence-corrected chi connectivity index (χ3v) is 2.95. The van der Waals surface area contributed by atoms with Gasteiger partial charge in [-0.3, -0.25) is 0 Å².